The predicted molar refractivity (Wildman–Crippen MR) is 282 cm³/mol. The molecule has 0 aromatic rings. The Morgan fingerprint density at radius 2 is 0.831 bits per heavy atom. The van der Waals surface area contributed by atoms with Gasteiger partial charge in [-0.25, -0.2) is 0 Å². The fraction of sp³-hybridized carbons (Fsp3) is 0.831. The summed E-state index contributed by atoms with van der Waals surface area (Å²) in [6.07, 6.45) is 64.6. The first-order valence-corrected chi connectivity index (χ1v) is 28.4. The summed E-state index contributed by atoms with van der Waals surface area (Å²) in [4.78, 5) is 26.2. The lowest BCUT2D eigenvalue weighted by atomic mass is 10.0. The molecule has 0 spiro atoms. The minimum absolute atomic E-state index is 0.0629. The van der Waals surface area contributed by atoms with Crippen LogP contribution in [0.1, 0.15) is 290 Å². The second-order valence-corrected chi connectivity index (χ2v) is 19.3. The fourth-order valence-electron chi connectivity index (χ4n) is 8.62. The van der Waals surface area contributed by atoms with Crippen LogP contribution in [0, 0.1) is 0 Å². The van der Waals surface area contributed by atoms with E-state index in [4.69, 9.17) is 4.74 Å². The maximum atomic E-state index is 13.3. The Balaban J connectivity index is 4.56. The summed E-state index contributed by atoms with van der Waals surface area (Å²) in [7, 11) is 0. The Morgan fingerprint density at radius 1 is 0.462 bits per heavy atom. The summed E-state index contributed by atoms with van der Waals surface area (Å²) >= 11 is 0. The molecule has 3 unspecified atom stereocenters. The molecule has 0 aliphatic heterocycles. The fourth-order valence-corrected chi connectivity index (χ4v) is 8.62. The van der Waals surface area contributed by atoms with Crippen molar-refractivity contribution in [2.45, 2.75) is 309 Å². The molecule has 0 fully saturated rings. The molecule has 0 aromatic heterocycles. The van der Waals surface area contributed by atoms with E-state index in [9.17, 15) is 19.8 Å². The number of nitrogens with one attached hydrogen (secondary N) is 1. The largest absolute Gasteiger partial charge is 0.462 e. The zero-order valence-electron chi connectivity index (χ0n) is 43.4. The van der Waals surface area contributed by atoms with Crippen molar-refractivity contribution in [2.75, 3.05) is 6.61 Å². The zero-order chi connectivity index (χ0) is 47.4. The molecule has 0 saturated carbocycles. The van der Waals surface area contributed by atoms with E-state index in [1.54, 1.807) is 0 Å². The van der Waals surface area contributed by atoms with Gasteiger partial charge in [0.15, 0.2) is 0 Å². The van der Waals surface area contributed by atoms with Crippen LogP contribution in [-0.2, 0) is 14.3 Å². The third kappa shape index (κ3) is 48.1. The van der Waals surface area contributed by atoms with E-state index < -0.39 is 18.2 Å². The van der Waals surface area contributed by atoms with Gasteiger partial charge in [0, 0.05) is 6.42 Å². The lowest BCUT2D eigenvalue weighted by Crippen LogP contribution is -2.46. The number of unbranched alkanes of at least 4 members (excludes halogenated alkanes) is 31. The Hall–Kier alpha value is -2.18. The van der Waals surface area contributed by atoms with Gasteiger partial charge in [0.25, 0.3) is 0 Å². The van der Waals surface area contributed by atoms with E-state index in [2.05, 4.69) is 74.7 Å². The Bertz CT molecular complexity index is 1110. The molecule has 0 radical (unpaired) electrons. The lowest BCUT2D eigenvalue weighted by molar-refractivity contribution is -0.151. The second-order valence-electron chi connectivity index (χ2n) is 19.3. The summed E-state index contributed by atoms with van der Waals surface area (Å²) < 4.78 is 5.94. The van der Waals surface area contributed by atoms with Crippen molar-refractivity contribution < 1.29 is 24.5 Å². The van der Waals surface area contributed by atoms with Crippen LogP contribution in [0.15, 0.2) is 48.6 Å². The Labute approximate surface area is 404 Å². The second kappa shape index (κ2) is 52.8. The quantitative estimate of drug-likeness (QED) is 0.0321. The van der Waals surface area contributed by atoms with Crippen molar-refractivity contribution in [1.82, 2.24) is 5.32 Å². The van der Waals surface area contributed by atoms with Crippen LogP contribution in [0.4, 0.5) is 0 Å². The van der Waals surface area contributed by atoms with E-state index in [1.165, 1.54) is 148 Å². The van der Waals surface area contributed by atoms with Crippen LogP contribution in [0.2, 0.25) is 0 Å². The maximum absolute atomic E-state index is 13.3. The predicted octanol–water partition coefficient (Wildman–Crippen LogP) is 17.4. The van der Waals surface area contributed by atoms with Crippen molar-refractivity contribution in [1.29, 1.82) is 0 Å². The number of aliphatic hydroxyl groups excluding tert-OH is 2. The number of rotatable bonds is 51. The van der Waals surface area contributed by atoms with E-state index in [-0.39, 0.29) is 24.9 Å². The molecule has 0 rings (SSSR count). The third-order valence-electron chi connectivity index (χ3n) is 12.9. The number of hydrogen-bond acceptors (Lipinski definition) is 5. The highest BCUT2D eigenvalue weighted by Gasteiger charge is 2.24. The summed E-state index contributed by atoms with van der Waals surface area (Å²) in [6.45, 7) is 6.39. The highest BCUT2D eigenvalue weighted by molar-refractivity contribution is 5.77. The SMILES string of the molecule is CC/C=C/C/C=C/C/C=C/CCCCCCCCC(=O)OC(CCCCC/C=C/CCCCCCCCC)CC(=O)NC(CO)C(O)CCCCCCCCCCCCCCCCCC. The molecule has 0 aromatic carbocycles. The van der Waals surface area contributed by atoms with Gasteiger partial charge in [-0.3, -0.25) is 9.59 Å². The van der Waals surface area contributed by atoms with E-state index in [1.807, 2.05) is 0 Å². The van der Waals surface area contributed by atoms with Crippen LogP contribution in [0.5, 0.6) is 0 Å². The average molecular weight is 913 g/mol. The minimum atomic E-state index is -0.794. The number of aliphatic hydroxyl groups is 2. The summed E-state index contributed by atoms with van der Waals surface area (Å²) in [5, 5.41) is 23.9. The number of ether oxygens (including phenoxy) is 1. The molecule has 3 atom stereocenters. The van der Waals surface area contributed by atoms with Crippen molar-refractivity contribution in [3.05, 3.63) is 48.6 Å². The van der Waals surface area contributed by atoms with Gasteiger partial charge in [-0.2, -0.15) is 0 Å². The number of allylic oxidation sites excluding steroid dienone is 8. The van der Waals surface area contributed by atoms with Gasteiger partial charge in [0.2, 0.25) is 5.91 Å². The van der Waals surface area contributed by atoms with Crippen molar-refractivity contribution in [3.8, 4) is 0 Å². The Kier molecular flexibility index (Phi) is 51.0. The number of hydrogen-bond donors (Lipinski definition) is 3. The Morgan fingerprint density at radius 3 is 1.29 bits per heavy atom. The molecule has 0 aliphatic rings. The first-order chi connectivity index (χ1) is 32.0. The van der Waals surface area contributed by atoms with Gasteiger partial charge in [-0.05, 0) is 83.5 Å². The smallest absolute Gasteiger partial charge is 0.306 e. The first-order valence-electron chi connectivity index (χ1n) is 28.4. The molecule has 65 heavy (non-hydrogen) atoms. The number of carbonyl (C=O) groups is 2. The van der Waals surface area contributed by atoms with Gasteiger partial charge in [0.05, 0.1) is 25.2 Å². The van der Waals surface area contributed by atoms with Crippen LogP contribution < -0.4 is 5.32 Å². The number of esters is 1. The van der Waals surface area contributed by atoms with Crippen molar-refractivity contribution >= 4 is 11.9 Å². The van der Waals surface area contributed by atoms with Crippen LogP contribution in [-0.4, -0.2) is 46.9 Å². The molecule has 1 amide bonds. The third-order valence-corrected chi connectivity index (χ3v) is 12.9. The molecule has 380 valence electrons. The highest BCUT2D eigenvalue weighted by atomic mass is 16.5. The molecule has 3 N–H and O–H groups in total. The van der Waals surface area contributed by atoms with Crippen molar-refractivity contribution in [2.24, 2.45) is 0 Å². The van der Waals surface area contributed by atoms with Crippen molar-refractivity contribution in [3.63, 3.8) is 0 Å². The van der Waals surface area contributed by atoms with Gasteiger partial charge in [-0.15, -0.1) is 0 Å². The van der Waals surface area contributed by atoms with E-state index >= 15 is 0 Å². The van der Waals surface area contributed by atoms with Gasteiger partial charge >= 0.3 is 5.97 Å². The lowest BCUT2D eigenvalue weighted by Gasteiger charge is -2.24. The zero-order valence-corrected chi connectivity index (χ0v) is 43.4. The van der Waals surface area contributed by atoms with Gasteiger partial charge in [-0.1, -0.05) is 243 Å². The molecular weight excluding hydrogens is 803 g/mol. The van der Waals surface area contributed by atoms with E-state index in [0.29, 0.717) is 19.3 Å². The molecule has 0 heterocycles. The number of carbonyl (C=O) groups excluding carboxylic acids is 2. The first kappa shape index (κ1) is 62.8. The summed E-state index contributed by atoms with van der Waals surface area (Å²) in [5.74, 6) is -0.494. The topological polar surface area (TPSA) is 95.9 Å². The normalized spacial score (nSPS) is 13.5. The molecule has 6 heteroatoms. The highest BCUT2D eigenvalue weighted by Crippen LogP contribution is 2.18. The minimum Gasteiger partial charge on any atom is -0.462 e. The molecule has 0 bridgehead atoms. The van der Waals surface area contributed by atoms with Gasteiger partial charge < -0.3 is 20.3 Å². The maximum Gasteiger partial charge on any atom is 0.306 e. The van der Waals surface area contributed by atoms with Crippen LogP contribution in [0.3, 0.4) is 0 Å². The summed E-state index contributed by atoms with van der Waals surface area (Å²) in [6, 6.07) is -0.709. The standard InChI is InChI=1S/C59H109NO5/c1-4-7-10-13-16-19-22-25-28-30-33-36-39-42-45-48-51-57(62)56(54-61)60-58(63)53-55(50-47-44-41-38-35-32-27-24-21-18-15-12-9-6-3)65-59(64)52-49-46-43-40-37-34-31-29-26-23-20-17-14-11-8-5-2/h8,11,17,20,26,29,32,35,55-57,61-62H,4-7,9-10,12-16,18-19,21-25,27-28,30-31,33-34,36-54H2,1-3H3,(H,60,63)/b11-8+,20-17+,29-26+,35-32+. The van der Waals surface area contributed by atoms with E-state index in [0.717, 1.165) is 96.3 Å². The van der Waals surface area contributed by atoms with Crippen LogP contribution in [0.25, 0.3) is 0 Å². The van der Waals surface area contributed by atoms with Gasteiger partial charge in [0.1, 0.15) is 6.10 Å². The molecule has 0 aliphatic carbocycles. The van der Waals surface area contributed by atoms with Crippen LogP contribution >= 0.6 is 0 Å². The summed E-state index contributed by atoms with van der Waals surface area (Å²) in [5.41, 5.74) is 0. The average Bonchev–Trinajstić information content (AvgIpc) is 3.30. The molecule has 6 nitrogen and oxygen atoms in total. The number of amides is 1. The molecule has 0 saturated heterocycles. The molecular formula is C59H109NO5. The monoisotopic (exact) mass is 912 g/mol.